The maximum atomic E-state index is 15.1. The molecule has 7 nitrogen and oxygen atoms in total. The molecule has 2 fully saturated rings. The molecule has 3 aromatic heterocycles. The fourth-order valence-corrected chi connectivity index (χ4v) is 4.70. The van der Waals surface area contributed by atoms with E-state index in [1.54, 1.807) is 13.8 Å². The number of aryl methyl sites for hydroxylation is 2. The van der Waals surface area contributed by atoms with Gasteiger partial charge in [0, 0.05) is 29.8 Å². The van der Waals surface area contributed by atoms with Crippen molar-refractivity contribution in [3.63, 3.8) is 0 Å². The lowest BCUT2D eigenvalue weighted by molar-refractivity contribution is -0.137. The van der Waals surface area contributed by atoms with Crippen LogP contribution in [0, 0.1) is 19.7 Å². The van der Waals surface area contributed by atoms with Crippen LogP contribution in [0.2, 0.25) is 0 Å². The Hall–Kier alpha value is -3.47. The van der Waals surface area contributed by atoms with Crippen molar-refractivity contribution in [3.8, 4) is 11.3 Å². The summed E-state index contributed by atoms with van der Waals surface area (Å²) in [7, 11) is 0. The first-order chi connectivity index (χ1) is 17.7. The average molecular weight is 513 g/mol. The van der Waals surface area contributed by atoms with E-state index in [-0.39, 0.29) is 34.4 Å². The zero-order valence-electron chi connectivity index (χ0n) is 20.3. The van der Waals surface area contributed by atoms with Gasteiger partial charge >= 0.3 is 6.18 Å². The molecule has 4 heterocycles. The number of halogens is 4. The summed E-state index contributed by atoms with van der Waals surface area (Å²) >= 11 is 0. The molecule has 1 aliphatic heterocycles. The van der Waals surface area contributed by atoms with Crippen molar-refractivity contribution in [3.05, 3.63) is 64.7 Å². The molecule has 4 aromatic rings. The largest absolute Gasteiger partial charge is 0.416 e. The van der Waals surface area contributed by atoms with Gasteiger partial charge in [-0.15, -0.1) is 0 Å². The fourth-order valence-electron chi connectivity index (χ4n) is 4.70. The normalized spacial score (nSPS) is 20.5. The molecule has 1 saturated heterocycles. The number of nitrogens with zero attached hydrogens (tertiary/aromatic N) is 6. The summed E-state index contributed by atoms with van der Waals surface area (Å²) in [6.45, 7) is 4.03. The van der Waals surface area contributed by atoms with Gasteiger partial charge in [0.15, 0.2) is 5.65 Å². The van der Waals surface area contributed by atoms with Gasteiger partial charge < -0.3 is 4.74 Å². The van der Waals surface area contributed by atoms with Gasteiger partial charge in [0.25, 0.3) is 0 Å². The summed E-state index contributed by atoms with van der Waals surface area (Å²) in [5.41, 5.74) is 1.78. The van der Waals surface area contributed by atoms with Gasteiger partial charge in [-0.3, -0.25) is 4.68 Å². The molecule has 1 aliphatic carbocycles. The van der Waals surface area contributed by atoms with Crippen LogP contribution in [0.25, 0.3) is 22.4 Å². The molecule has 192 valence electrons. The molecule has 1 saturated carbocycles. The molecular formula is C26H24F4N6O. The van der Waals surface area contributed by atoms with Crippen LogP contribution in [-0.4, -0.2) is 36.3 Å². The highest BCUT2D eigenvalue weighted by Gasteiger charge is 2.33. The highest BCUT2D eigenvalue weighted by atomic mass is 19.4. The van der Waals surface area contributed by atoms with Crippen molar-refractivity contribution in [2.75, 3.05) is 6.61 Å². The van der Waals surface area contributed by atoms with Gasteiger partial charge in [-0.05, 0) is 57.7 Å². The van der Waals surface area contributed by atoms with E-state index in [4.69, 9.17) is 4.74 Å². The lowest BCUT2D eigenvalue weighted by Gasteiger charge is -2.28. The molecule has 1 aromatic carbocycles. The lowest BCUT2D eigenvalue weighted by atomic mass is 9.92. The highest BCUT2D eigenvalue weighted by molar-refractivity contribution is 5.87. The van der Waals surface area contributed by atoms with Crippen LogP contribution in [0.1, 0.15) is 72.1 Å². The Morgan fingerprint density at radius 3 is 2.51 bits per heavy atom. The van der Waals surface area contributed by atoms with Crippen molar-refractivity contribution in [1.82, 2.24) is 29.7 Å². The van der Waals surface area contributed by atoms with Gasteiger partial charge in [-0.1, -0.05) is 0 Å². The van der Waals surface area contributed by atoms with Crippen LogP contribution in [0.15, 0.2) is 30.6 Å². The Morgan fingerprint density at radius 2 is 1.78 bits per heavy atom. The van der Waals surface area contributed by atoms with E-state index in [9.17, 15) is 13.2 Å². The number of benzene rings is 1. The zero-order chi connectivity index (χ0) is 25.9. The Bertz CT molecular complexity index is 1500. The summed E-state index contributed by atoms with van der Waals surface area (Å²) in [6.07, 6.45) is 2.49. The molecule has 37 heavy (non-hydrogen) atoms. The van der Waals surface area contributed by atoms with E-state index in [0.29, 0.717) is 48.8 Å². The highest BCUT2D eigenvalue weighted by Crippen LogP contribution is 2.40. The topological polar surface area (TPSA) is 78.6 Å². The maximum Gasteiger partial charge on any atom is 0.416 e. The van der Waals surface area contributed by atoms with E-state index in [1.165, 1.54) is 0 Å². The minimum Gasteiger partial charge on any atom is -0.373 e. The number of fused-ring (bicyclic) bond motifs is 1. The van der Waals surface area contributed by atoms with Crippen molar-refractivity contribution >= 4 is 11.2 Å². The number of rotatable bonds is 4. The summed E-state index contributed by atoms with van der Waals surface area (Å²) in [5, 5.41) is 4.46. The number of alkyl halides is 3. The van der Waals surface area contributed by atoms with Gasteiger partial charge in [0.05, 0.1) is 35.3 Å². The summed E-state index contributed by atoms with van der Waals surface area (Å²) in [6, 6.07) is 2.89. The first-order valence-electron chi connectivity index (χ1n) is 12.2. The van der Waals surface area contributed by atoms with Crippen LogP contribution in [0.3, 0.4) is 0 Å². The van der Waals surface area contributed by atoms with Gasteiger partial charge in [-0.2, -0.15) is 18.3 Å². The molecule has 0 unspecified atom stereocenters. The Labute approximate surface area is 209 Å². The standard InChI is InChI=1S/C26H24F4N6O/c1-13-14(2)33-25-23(32-13)22(19-6-3-17(10-20(19)27)26(28,29)30)34-24(35-25)15-7-8-37-21(9-15)16-11-31-36(12-16)18-4-5-18/h3,6,10-12,15,18,21H,4-5,7-9H2,1-2H3/t15-,21+/m1/s1. The third-order valence-electron chi connectivity index (χ3n) is 7.07. The van der Waals surface area contributed by atoms with Crippen LogP contribution in [0.5, 0.6) is 0 Å². The molecule has 6 rings (SSSR count). The zero-order valence-corrected chi connectivity index (χ0v) is 20.3. The van der Waals surface area contributed by atoms with Crippen molar-refractivity contribution in [1.29, 1.82) is 0 Å². The minimum absolute atomic E-state index is 0.0754. The maximum absolute atomic E-state index is 15.1. The predicted octanol–water partition coefficient (Wildman–Crippen LogP) is 6.03. The quantitative estimate of drug-likeness (QED) is 0.311. The molecular weight excluding hydrogens is 488 g/mol. The minimum atomic E-state index is -4.66. The van der Waals surface area contributed by atoms with E-state index in [2.05, 4.69) is 25.0 Å². The summed E-state index contributed by atoms with van der Waals surface area (Å²) in [5.74, 6) is -0.701. The van der Waals surface area contributed by atoms with Gasteiger partial charge in [-0.25, -0.2) is 24.3 Å². The number of hydrogen-bond donors (Lipinski definition) is 0. The van der Waals surface area contributed by atoms with Gasteiger partial charge in [0.2, 0.25) is 0 Å². The SMILES string of the molecule is Cc1nc2nc([C@@H]3CCO[C@H](c4cnn(C5CC5)c4)C3)nc(-c3ccc(C(F)(F)F)cc3F)c2nc1C. The van der Waals surface area contributed by atoms with Crippen molar-refractivity contribution in [2.45, 2.75) is 63.8 Å². The molecule has 11 heteroatoms. The second-order valence-electron chi connectivity index (χ2n) is 9.76. The first-order valence-corrected chi connectivity index (χ1v) is 12.2. The smallest absolute Gasteiger partial charge is 0.373 e. The fraction of sp³-hybridized carbons (Fsp3) is 0.423. The van der Waals surface area contributed by atoms with E-state index < -0.39 is 17.6 Å². The molecule has 0 bridgehead atoms. The van der Waals surface area contributed by atoms with E-state index in [1.807, 2.05) is 17.1 Å². The Morgan fingerprint density at radius 1 is 1.00 bits per heavy atom. The van der Waals surface area contributed by atoms with E-state index >= 15 is 4.39 Å². The number of aromatic nitrogens is 6. The van der Waals surface area contributed by atoms with Gasteiger partial charge in [0.1, 0.15) is 22.9 Å². The molecule has 0 radical (unpaired) electrons. The predicted molar refractivity (Wildman–Crippen MR) is 126 cm³/mol. The second-order valence-corrected chi connectivity index (χ2v) is 9.76. The number of ether oxygens (including phenoxy) is 1. The van der Waals surface area contributed by atoms with Crippen LogP contribution in [-0.2, 0) is 10.9 Å². The third-order valence-corrected chi connectivity index (χ3v) is 7.07. The molecule has 0 amide bonds. The van der Waals surface area contributed by atoms with E-state index in [0.717, 1.165) is 30.5 Å². The molecule has 2 atom stereocenters. The second kappa shape index (κ2) is 8.83. The van der Waals surface area contributed by atoms with Crippen LogP contribution in [0.4, 0.5) is 17.6 Å². The Balaban J connectivity index is 1.41. The van der Waals surface area contributed by atoms with Crippen LogP contribution < -0.4 is 0 Å². The van der Waals surface area contributed by atoms with Crippen molar-refractivity contribution < 1.29 is 22.3 Å². The first kappa shape index (κ1) is 23.9. The summed E-state index contributed by atoms with van der Waals surface area (Å²) in [4.78, 5) is 18.4. The lowest BCUT2D eigenvalue weighted by Crippen LogP contribution is -2.20. The molecule has 0 N–H and O–H groups in total. The molecule has 2 aliphatic rings. The van der Waals surface area contributed by atoms with Crippen molar-refractivity contribution in [2.24, 2.45) is 0 Å². The monoisotopic (exact) mass is 512 g/mol. The molecule has 0 spiro atoms. The summed E-state index contributed by atoms with van der Waals surface area (Å²) < 4.78 is 62.5. The number of hydrogen-bond acceptors (Lipinski definition) is 6. The Kier molecular flexibility index (Phi) is 5.70. The average Bonchev–Trinajstić information content (AvgIpc) is 3.60. The van der Waals surface area contributed by atoms with Crippen LogP contribution >= 0.6 is 0 Å². The third kappa shape index (κ3) is 4.56.